The Balaban J connectivity index is 1.36. The summed E-state index contributed by atoms with van der Waals surface area (Å²) in [6.07, 6.45) is 3.65. The summed E-state index contributed by atoms with van der Waals surface area (Å²) < 4.78 is 15.5. The molecule has 0 atom stereocenters. The Bertz CT molecular complexity index is 1110. The lowest BCUT2D eigenvalue weighted by molar-refractivity contribution is -0.116. The van der Waals surface area contributed by atoms with Gasteiger partial charge in [-0.1, -0.05) is 30.3 Å². The first kappa shape index (κ1) is 22.4. The van der Waals surface area contributed by atoms with Crippen LogP contribution in [-0.4, -0.2) is 56.7 Å². The number of piperidine rings is 1. The van der Waals surface area contributed by atoms with Crippen molar-refractivity contribution >= 4 is 35.1 Å². The van der Waals surface area contributed by atoms with E-state index >= 15 is 0 Å². The molecule has 3 heterocycles. The van der Waals surface area contributed by atoms with E-state index in [0.717, 1.165) is 40.9 Å². The number of aromatic nitrogens is 3. The van der Waals surface area contributed by atoms with Gasteiger partial charge < -0.3 is 4.90 Å². The molecule has 2 aliphatic rings. The highest BCUT2D eigenvalue weighted by molar-refractivity contribution is 8.00. The Labute approximate surface area is 201 Å². The third-order valence-corrected chi connectivity index (χ3v) is 7.91. The molecule has 1 fully saturated rings. The molecule has 1 amide bonds. The number of nitrogens with zero attached hydrogens (tertiary/aromatic N) is 5. The molecule has 5 rings (SSSR count). The van der Waals surface area contributed by atoms with Crippen molar-refractivity contribution in [3.63, 3.8) is 0 Å². The fourth-order valence-corrected chi connectivity index (χ4v) is 6.14. The summed E-state index contributed by atoms with van der Waals surface area (Å²) >= 11 is 3.17. The van der Waals surface area contributed by atoms with Gasteiger partial charge in [0.15, 0.2) is 11.0 Å². The second kappa shape index (κ2) is 10.3. The van der Waals surface area contributed by atoms with Crippen LogP contribution in [0.3, 0.4) is 0 Å². The van der Waals surface area contributed by atoms with E-state index in [-0.39, 0.29) is 17.5 Å². The molecule has 0 spiro atoms. The molecule has 172 valence electrons. The molecular weight excluding hydrogens is 457 g/mol. The van der Waals surface area contributed by atoms with Gasteiger partial charge in [0.05, 0.1) is 18.0 Å². The Morgan fingerprint density at radius 1 is 1.00 bits per heavy atom. The molecule has 0 aliphatic carbocycles. The van der Waals surface area contributed by atoms with Gasteiger partial charge >= 0.3 is 0 Å². The van der Waals surface area contributed by atoms with Crippen LogP contribution in [0.2, 0.25) is 0 Å². The summed E-state index contributed by atoms with van der Waals surface area (Å²) in [5.41, 5.74) is 1.79. The highest BCUT2D eigenvalue weighted by Crippen LogP contribution is 2.35. The van der Waals surface area contributed by atoms with Crippen molar-refractivity contribution < 1.29 is 9.18 Å². The van der Waals surface area contributed by atoms with Crippen molar-refractivity contribution in [2.45, 2.75) is 35.9 Å². The number of amides is 1. The van der Waals surface area contributed by atoms with E-state index in [2.05, 4.69) is 21.2 Å². The maximum atomic E-state index is 13.6. The molecule has 0 bridgehead atoms. The van der Waals surface area contributed by atoms with Crippen LogP contribution in [-0.2, 0) is 11.3 Å². The lowest BCUT2D eigenvalue weighted by Gasteiger charge is -2.28. The van der Waals surface area contributed by atoms with Crippen LogP contribution in [0.5, 0.6) is 0 Å². The lowest BCUT2D eigenvalue weighted by Crippen LogP contribution is -2.36. The van der Waals surface area contributed by atoms with Gasteiger partial charge in [-0.2, -0.15) is 0 Å². The zero-order valence-corrected chi connectivity index (χ0v) is 20.0. The normalized spacial score (nSPS) is 16.6. The Morgan fingerprint density at radius 2 is 1.79 bits per heavy atom. The molecule has 6 nitrogen and oxygen atoms in total. The average Bonchev–Trinajstić information content (AvgIpc) is 3.25. The summed E-state index contributed by atoms with van der Waals surface area (Å²) in [5, 5.41) is 9.54. The number of thioether (sulfide) groups is 2. The molecular formula is C24H26FN5OS2. The van der Waals surface area contributed by atoms with Crippen LogP contribution >= 0.6 is 23.5 Å². The number of hydrogen-bond donors (Lipinski definition) is 0. The van der Waals surface area contributed by atoms with Gasteiger partial charge in [0, 0.05) is 22.9 Å². The molecule has 3 aromatic rings. The van der Waals surface area contributed by atoms with Crippen molar-refractivity contribution in [2.24, 2.45) is 0 Å². The third-order valence-electron chi connectivity index (χ3n) is 5.95. The third kappa shape index (κ3) is 5.10. The molecule has 1 aromatic heterocycles. The van der Waals surface area contributed by atoms with Gasteiger partial charge in [-0.25, -0.2) is 4.39 Å². The summed E-state index contributed by atoms with van der Waals surface area (Å²) in [7, 11) is 0. The van der Waals surface area contributed by atoms with Gasteiger partial charge in [-0.15, -0.1) is 22.0 Å². The smallest absolute Gasteiger partial charge is 0.237 e. The molecule has 1 saturated heterocycles. The van der Waals surface area contributed by atoms with Crippen LogP contribution < -0.4 is 4.90 Å². The number of fused-ring (bicyclic) bond motifs is 1. The number of hydrogen-bond acceptors (Lipinski definition) is 6. The predicted octanol–water partition coefficient (Wildman–Crippen LogP) is 4.62. The second-order valence-corrected chi connectivity index (χ2v) is 10.3. The first-order chi connectivity index (χ1) is 16.2. The molecule has 0 unspecified atom stereocenters. The molecule has 0 saturated carbocycles. The predicted molar refractivity (Wildman–Crippen MR) is 131 cm³/mol. The number of para-hydroxylation sites is 1. The van der Waals surface area contributed by atoms with E-state index in [4.69, 9.17) is 0 Å². The maximum absolute atomic E-state index is 13.6. The minimum atomic E-state index is -0.282. The monoisotopic (exact) mass is 483 g/mol. The number of likely N-dealkylation sites (tertiary alicyclic amines) is 1. The highest BCUT2D eigenvalue weighted by Gasteiger charge is 2.24. The van der Waals surface area contributed by atoms with Gasteiger partial charge in [-0.05, 0) is 62.3 Å². The SMILES string of the molecule is O=C(CSc1nnc(CN2CCCCC2)n1-c1ccc(F)cc1)N1CCSc2ccccc21. The standard InChI is InChI=1S/C24H26FN5OS2/c25-18-8-10-19(11-9-18)30-22(16-28-12-4-1-5-13-28)26-27-24(30)33-17-23(31)29-14-15-32-21-7-3-2-6-20(21)29/h2-3,6-11H,1,4-5,12-17H2. The van der Waals surface area contributed by atoms with E-state index < -0.39 is 0 Å². The minimum Gasteiger partial charge on any atom is -0.310 e. The van der Waals surface area contributed by atoms with E-state index in [1.165, 1.54) is 43.2 Å². The molecule has 33 heavy (non-hydrogen) atoms. The summed E-state index contributed by atoms with van der Waals surface area (Å²) in [6.45, 7) is 3.48. The van der Waals surface area contributed by atoms with Crippen LogP contribution in [0.25, 0.3) is 5.69 Å². The van der Waals surface area contributed by atoms with Crippen LogP contribution in [0, 0.1) is 5.82 Å². The van der Waals surface area contributed by atoms with Crippen LogP contribution in [0.1, 0.15) is 25.1 Å². The molecule has 2 aromatic carbocycles. The van der Waals surface area contributed by atoms with Crippen molar-refractivity contribution in [1.29, 1.82) is 0 Å². The Morgan fingerprint density at radius 3 is 2.61 bits per heavy atom. The first-order valence-electron chi connectivity index (χ1n) is 11.3. The largest absolute Gasteiger partial charge is 0.310 e. The topological polar surface area (TPSA) is 54.3 Å². The second-order valence-electron chi connectivity index (χ2n) is 8.20. The van der Waals surface area contributed by atoms with Gasteiger partial charge in [0.2, 0.25) is 5.91 Å². The molecule has 0 N–H and O–H groups in total. The molecule has 9 heteroatoms. The van der Waals surface area contributed by atoms with E-state index in [1.54, 1.807) is 23.9 Å². The van der Waals surface area contributed by atoms with Crippen LogP contribution in [0.15, 0.2) is 58.6 Å². The van der Waals surface area contributed by atoms with Crippen molar-refractivity contribution in [2.75, 3.05) is 36.0 Å². The zero-order valence-electron chi connectivity index (χ0n) is 18.3. The number of carbonyl (C=O) groups excluding carboxylic acids is 1. The van der Waals surface area contributed by atoms with Crippen molar-refractivity contribution in [1.82, 2.24) is 19.7 Å². The van der Waals surface area contributed by atoms with Crippen molar-refractivity contribution in [3.05, 3.63) is 60.2 Å². The Hall–Kier alpha value is -2.36. The minimum absolute atomic E-state index is 0.0546. The lowest BCUT2D eigenvalue weighted by atomic mass is 10.1. The first-order valence-corrected chi connectivity index (χ1v) is 13.2. The average molecular weight is 484 g/mol. The molecule has 0 radical (unpaired) electrons. The number of carbonyl (C=O) groups is 1. The maximum Gasteiger partial charge on any atom is 0.237 e. The number of halogens is 1. The number of benzene rings is 2. The number of anilines is 1. The van der Waals surface area contributed by atoms with Crippen molar-refractivity contribution in [3.8, 4) is 5.69 Å². The summed E-state index contributed by atoms with van der Waals surface area (Å²) in [6, 6.07) is 14.4. The van der Waals surface area contributed by atoms with E-state index in [9.17, 15) is 9.18 Å². The molecule has 2 aliphatic heterocycles. The summed E-state index contributed by atoms with van der Waals surface area (Å²) in [5.74, 6) is 1.74. The van der Waals surface area contributed by atoms with Gasteiger partial charge in [-0.3, -0.25) is 14.3 Å². The fourth-order valence-electron chi connectivity index (χ4n) is 4.30. The Kier molecular flexibility index (Phi) is 6.99. The van der Waals surface area contributed by atoms with Gasteiger partial charge in [0.25, 0.3) is 0 Å². The number of rotatable bonds is 6. The van der Waals surface area contributed by atoms with Crippen LogP contribution in [0.4, 0.5) is 10.1 Å². The summed E-state index contributed by atoms with van der Waals surface area (Å²) in [4.78, 5) is 18.5. The van der Waals surface area contributed by atoms with Gasteiger partial charge in [0.1, 0.15) is 5.82 Å². The highest BCUT2D eigenvalue weighted by atomic mass is 32.2. The van der Waals surface area contributed by atoms with E-state index in [0.29, 0.717) is 18.2 Å². The van der Waals surface area contributed by atoms with E-state index in [1.807, 2.05) is 27.7 Å². The zero-order chi connectivity index (χ0) is 22.6. The fraction of sp³-hybridized carbons (Fsp3) is 0.375. The quantitative estimate of drug-likeness (QED) is 0.477.